The number of fused-ring (bicyclic) bond motifs is 1. The minimum Gasteiger partial charge on any atom is -0.492 e. The van der Waals surface area contributed by atoms with Gasteiger partial charge in [0.25, 0.3) is 0 Å². The molecule has 0 fully saturated rings. The Kier molecular flexibility index (Phi) is 3.06. The summed E-state index contributed by atoms with van der Waals surface area (Å²) in [6.45, 7) is 2.33. The summed E-state index contributed by atoms with van der Waals surface area (Å²) in [6, 6.07) is 13.2. The molecule has 1 aliphatic heterocycles. The van der Waals surface area contributed by atoms with Crippen LogP contribution in [0.1, 0.15) is 17.0 Å². The highest BCUT2D eigenvalue weighted by Crippen LogP contribution is 2.34. The van der Waals surface area contributed by atoms with Gasteiger partial charge in [-0.25, -0.2) is 0 Å². The maximum Gasteiger partial charge on any atom is 0.235 e. The van der Waals surface area contributed by atoms with E-state index in [0.29, 0.717) is 18.0 Å². The summed E-state index contributed by atoms with van der Waals surface area (Å²) in [4.78, 5) is 12.4. The Balaban J connectivity index is 1.81. The summed E-state index contributed by atoms with van der Waals surface area (Å²) < 4.78 is 5.53. The lowest BCUT2D eigenvalue weighted by molar-refractivity contribution is -0.117. The number of nitrogen functional groups attached to an aromatic ring is 1. The summed E-state index contributed by atoms with van der Waals surface area (Å²) >= 11 is 0. The average Bonchev–Trinajstić information content (AvgIpc) is 2.86. The molecule has 1 aliphatic rings. The molecule has 1 unspecified atom stereocenters. The molecule has 0 saturated heterocycles. The zero-order valence-corrected chi connectivity index (χ0v) is 11.2. The summed E-state index contributed by atoms with van der Waals surface area (Å²) in [5.41, 5.74) is 9.13. The lowest BCUT2D eigenvalue weighted by Gasteiger charge is -2.12. The molecule has 4 heteroatoms. The molecular formula is C16H16N2O2. The van der Waals surface area contributed by atoms with Crippen molar-refractivity contribution in [3.8, 4) is 5.75 Å². The highest BCUT2D eigenvalue weighted by atomic mass is 16.5. The molecular weight excluding hydrogens is 252 g/mol. The normalized spacial score (nSPS) is 16.4. The van der Waals surface area contributed by atoms with Gasteiger partial charge in [0.15, 0.2) is 0 Å². The Hall–Kier alpha value is -2.49. The van der Waals surface area contributed by atoms with Crippen molar-refractivity contribution in [2.45, 2.75) is 12.8 Å². The smallest absolute Gasteiger partial charge is 0.235 e. The van der Waals surface area contributed by atoms with Crippen molar-refractivity contribution in [1.29, 1.82) is 0 Å². The second-order valence-corrected chi connectivity index (χ2v) is 4.98. The van der Waals surface area contributed by atoms with Gasteiger partial charge in [0.05, 0.1) is 11.4 Å². The van der Waals surface area contributed by atoms with Crippen LogP contribution < -0.4 is 15.8 Å². The molecule has 1 atom stereocenters. The third-order valence-corrected chi connectivity index (χ3v) is 3.48. The third kappa shape index (κ3) is 2.20. The molecule has 0 spiro atoms. The van der Waals surface area contributed by atoms with Crippen LogP contribution in [0.25, 0.3) is 0 Å². The number of ether oxygens (including phenoxy) is 1. The number of carbonyl (C=O) groups excluding carboxylic acids is 1. The fourth-order valence-electron chi connectivity index (χ4n) is 2.40. The summed E-state index contributed by atoms with van der Waals surface area (Å²) in [7, 11) is 0. The zero-order chi connectivity index (χ0) is 14.1. The van der Waals surface area contributed by atoms with E-state index in [4.69, 9.17) is 10.5 Å². The van der Waals surface area contributed by atoms with Crippen LogP contribution in [-0.2, 0) is 4.79 Å². The van der Waals surface area contributed by atoms with E-state index in [0.717, 1.165) is 16.9 Å². The average molecular weight is 268 g/mol. The monoisotopic (exact) mass is 268 g/mol. The number of anilines is 2. The van der Waals surface area contributed by atoms with Crippen LogP contribution in [-0.4, -0.2) is 12.5 Å². The van der Waals surface area contributed by atoms with Gasteiger partial charge >= 0.3 is 0 Å². The molecule has 0 radical (unpaired) electrons. The second kappa shape index (κ2) is 4.89. The van der Waals surface area contributed by atoms with Gasteiger partial charge in [0.2, 0.25) is 5.91 Å². The van der Waals surface area contributed by atoms with Crippen LogP contribution in [0, 0.1) is 6.92 Å². The van der Waals surface area contributed by atoms with E-state index in [2.05, 4.69) is 5.32 Å². The van der Waals surface area contributed by atoms with Crippen molar-refractivity contribution in [1.82, 2.24) is 0 Å². The van der Waals surface area contributed by atoms with Crippen LogP contribution in [0.15, 0.2) is 42.5 Å². The Labute approximate surface area is 117 Å². The number of benzene rings is 2. The standard InChI is InChI=1S/C16H16N2O2/c1-10-6-7-14(13(17)8-10)18-16(19)12-9-20-15-5-3-2-4-11(12)15/h2-8,12H,9,17H2,1H3,(H,18,19). The van der Waals surface area contributed by atoms with E-state index in [1.165, 1.54) is 0 Å². The van der Waals surface area contributed by atoms with Crippen molar-refractivity contribution >= 4 is 17.3 Å². The first-order chi connectivity index (χ1) is 9.65. The SMILES string of the molecule is Cc1ccc(NC(=O)C2COc3ccccc32)c(N)c1. The second-order valence-electron chi connectivity index (χ2n) is 4.98. The van der Waals surface area contributed by atoms with E-state index in [9.17, 15) is 4.79 Å². The third-order valence-electron chi connectivity index (χ3n) is 3.48. The number of nitrogens with one attached hydrogen (secondary N) is 1. The molecule has 3 rings (SSSR count). The van der Waals surface area contributed by atoms with E-state index < -0.39 is 0 Å². The Morgan fingerprint density at radius 3 is 2.90 bits per heavy atom. The van der Waals surface area contributed by atoms with E-state index in [1.807, 2.05) is 49.4 Å². The first kappa shape index (κ1) is 12.5. The lowest BCUT2D eigenvalue weighted by atomic mass is 10.0. The molecule has 1 heterocycles. The van der Waals surface area contributed by atoms with Crippen molar-refractivity contribution in [3.63, 3.8) is 0 Å². The van der Waals surface area contributed by atoms with Gasteiger partial charge in [0, 0.05) is 5.56 Å². The van der Waals surface area contributed by atoms with Crippen molar-refractivity contribution in [3.05, 3.63) is 53.6 Å². The predicted molar refractivity (Wildman–Crippen MR) is 78.9 cm³/mol. The van der Waals surface area contributed by atoms with E-state index >= 15 is 0 Å². The first-order valence-corrected chi connectivity index (χ1v) is 6.54. The predicted octanol–water partition coefficient (Wildman–Crippen LogP) is 2.69. The number of rotatable bonds is 2. The van der Waals surface area contributed by atoms with Gasteiger partial charge in [-0.15, -0.1) is 0 Å². The molecule has 20 heavy (non-hydrogen) atoms. The fraction of sp³-hybridized carbons (Fsp3) is 0.188. The van der Waals surface area contributed by atoms with E-state index in [-0.39, 0.29) is 11.8 Å². The van der Waals surface area contributed by atoms with Crippen LogP contribution in [0.4, 0.5) is 11.4 Å². The van der Waals surface area contributed by atoms with Crippen molar-refractivity contribution in [2.75, 3.05) is 17.7 Å². The molecule has 2 aromatic rings. The number of para-hydroxylation sites is 1. The molecule has 4 nitrogen and oxygen atoms in total. The topological polar surface area (TPSA) is 64.3 Å². The van der Waals surface area contributed by atoms with Crippen molar-refractivity contribution < 1.29 is 9.53 Å². The van der Waals surface area contributed by atoms with Gasteiger partial charge in [-0.2, -0.15) is 0 Å². The van der Waals surface area contributed by atoms with Crippen LogP contribution in [0.3, 0.4) is 0 Å². The molecule has 102 valence electrons. The minimum absolute atomic E-state index is 0.0921. The Morgan fingerprint density at radius 2 is 2.10 bits per heavy atom. The number of hydrogen-bond donors (Lipinski definition) is 2. The van der Waals surface area contributed by atoms with Crippen molar-refractivity contribution in [2.24, 2.45) is 0 Å². The molecule has 1 amide bonds. The number of aryl methyl sites for hydroxylation is 1. The summed E-state index contributed by atoms with van der Waals surface area (Å²) in [5, 5.41) is 2.88. The number of nitrogens with two attached hydrogens (primary N) is 1. The van der Waals surface area contributed by atoms with Crippen LogP contribution in [0.5, 0.6) is 5.75 Å². The molecule has 3 N–H and O–H groups in total. The summed E-state index contributed by atoms with van der Waals surface area (Å²) in [6.07, 6.45) is 0. The van der Waals surface area contributed by atoms with Gasteiger partial charge < -0.3 is 15.8 Å². The zero-order valence-electron chi connectivity index (χ0n) is 11.2. The van der Waals surface area contributed by atoms with Gasteiger partial charge in [0.1, 0.15) is 18.3 Å². The minimum atomic E-state index is -0.285. The maximum atomic E-state index is 12.4. The highest BCUT2D eigenvalue weighted by molar-refractivity contribution is 5.99. The van der Waals surface area contributed by atoms with Gasteiger partial charge in [-0.05, 0) is 30.7 Å². The highest BCUT2D eigenvalue weighted by Gasteiger charge is 2.30. The van der Waals surface area contributed by atoms with Crippen LogP contribution >= 0.6 is 0 Å². The molecule has 0 aromatic heterocycles. The maximum absolute atomic E-state index is 12.4. The number of hydrogen-bond acceptors (Lipinski definition) is 3. The molecule has 2 aromatic carbocycles. The number of amides is 1. The molecule has 0 saturated carbocycles. The summed E-state index contributed by atoms with van der Waals surface area (Å²) in [5.74, 6) is 0.405. The van der Waals surface area contributed by atoms with E-state index in [1.54, 1.807) is 0 Å². The fourth-order valence-corrected chi connectivity index (χ4v) is 2.40. The largest absolute Gasteiger partial charge is 0.492 e. The van der Waals surface area contributed by atoms with Gasteiger partial charge in [-0.3, -0.25) is 4.79 Å². The Morgan fingerprint density at radius 1 is 1.30 bits per heavy atom. The van der Waals surface area contributed by atoms with Crippen LogP contribution in [0.2, 0.25) is 0 Å². The lowest BCUT2D eigenvalue weighted by Crippen LogP contribution is -2.22. The molecule has 0 aliphatic carbocycles. The molecule has 0 bridgehead atoms. The quantitative estimate of drug-likeness (QED) is 0.823. The Bertz CT molecular complexity index is 667. The first-order valence-electron chi connectivity index (χ1n) is 6.54. The van der Waals surface area contributed by atoms with Gasteiger partial charge in [-0.1, -0.05) is 24.3 Å². The number of carbonyl (C=O) groups is 1.